The number of hydrogen-bond donors (Lipinski definition) is 3. The van der Waals surface area contributed by atoms with E-state index in [0.717, 1.165) is 16.7 Å². The van der Waals surface area contributed by atoms with Gasteiger partial charge in [-0.2, -0.15) is 23.5 Å². The molecule has 1 aromatic carbocycles. The zero-order valence-electron chi connectivity index (χ0n) is 16.7. The Hall–Kier alpha value is -4.35. The fourth-order valence-corrected chi connectivity index (χ4v) is 3.17. The first-order valence-electron chi connectivity index (χ1n) is 9.26. The van der Waals surface area contributed by atoms with E-state index < -0.39 is 28.7 Å². The molecule has 0 saturated carbocycles. The Morgan fingerprint density at radius 3 is 2.68 bits per heavy atom. The molecule has 2 aromatic heterocycles. The van der Waals surface area contributed by atoms with E-state index >= 15 is 0 Å². The average molecular weight is 493 g/mol. The topological polar surface area (TPSA) is 141 Å². The molecule has 0 bridgehead atoms. The van der Waals surface area contributed by atoms with Crippen molar-refractivity contribution in [3.8, 4) is 17.6 Å². The smallest absolute Gasteiger partial charge is 0.437 e. The van der Waals surface area contributed by atoms with Crippen LogP contribution in [0.4, 0.5) is 18.9 Å². The fraction of sp³-hybridized carbons (Fsp3) is 0.105. The number of anilines is 1. The fourth-order valence-electron chi connectivity index (χ4n) is 2.95. The van der Waals surface area contributed by atoms with E-state index in [-0.39, 0.29) is 34.3 Å². The highest BCUT2D eigenvalue weighted by atomic mass is 35.5. The van der Waals surface area contributed by atoms with E-state index in [1.165, 1.54) is 29.5 Å². The molecular formula is C19H12ClF3N8O3. The summed E-state index contributed by atoms with van der Waals surface area (Å²) >= 11 is 5.88. The predicted molar refractivity (Wildman–Crippen MR) is 112 cm³/mol. The number of ether oxygens (including phenoxy) is 1. The molecule has 0 fully saturated rings. The lowest BCUT2D eigenvalue weighted by Crippen LogP contribution is -2.38. The van der Waals surface area contributed by atoms with Gasteiger partial charge < -0.3 is 10.2 Å². The maximum Gasteiger partial charge on any atom is 0.437 e. The minimum Gasteiger partial charge on any atom is -0.449 e. The van der Waals surface area contributed by atoms with Crippen LogP contribution in [-0.2, 0) is 12.7 Å². The van der Waals surface area contributed by atoms with Crippen LogP contribution in [0, 0.1) is 11.3 Å². The minimum absolute atomic E-state index is 0.0179. The highest BCUT2D eigenvalue weighted by Crippen LogP contribution is 2.35. The van der Waals surface area contributed by atoms with Gasteiger partial charge in [-0.3, -0.25) is 19.2 Å². The molecule has 0 saturated heterocycles. The van der Waals surface area contributed by atoms with Crippen LogP contribution in [0.2, 0.25) is 5.02 Å². The molecule has 0 radical (unpaired) electrons. The quantitative estimate of drug-likeness (QED) is 0.487. The Labute approximate surface area is 192 Å². The number of alkyl halides is 3. The van der Waals surface area contributed by atoms with Crippen LogP contribution in [0.5, 0.6) is 11.5 Å². The Morgan fingerprint density at radius 2 is 2.00 bits per heavy atom. The highest BCUT2D eigenvalue weighted by Gasteiger charge is 2.38. The third-order valence-electron chi connectivity index (χ3n) is 4.41. The largest absolute Gasteiger partial charge is 0.449 e. The van der Waals surface area contributed by atoms with Gasteiger partial charge in [-0.15, -0.1) is 5.53 Å². The third-order valence-corrected chi connectivity index (χ3v) is 4.62. The molecule has 11 nitrogen and oxygen atoms in total. The average Bonchev–Trinajstić information content (AvgIpc) is 3.31. The zero-order valence-corrected chi connectivity index (χ0v) is 17.5. The first-order chi connectivity index (χ1) is 16.2. The van der Waals surface area contributed by atoms with Gasteiger partial charge in [-0.25, -0.2) is 10.1 Å². The molecule has 3 heterocycles. The number of nitrogens with one attached hydrogen (secondary N) is 3. The van der Waals surface area contributed by atoms with Crippen LogP contribution in [0.15, 0.2) is 52.6 Å². The monoisotopic (exact) mass is 492 g/mol. The second kappa shape index (κ2) is 8.89. The second-order valence-corrected chi connectivity index (χ2v) is 7.19. The van der Waals surface area contributed by atoms with Gasteiger partial charge >= 0.3 is 6.18 Å². The van der Waals surface area contributed by atoms with Crippen molar-refractivity contribution in [1.29, 1.82) is 5.26 Å². The molecule has 4 rings (SSSR count). The van der Waals surface area contributed by atoms with Gasteiger partial charge in [0.05, 0.1) is 30.2 Å². The summed E-state index contributed by atoms with van der Waals surface area (Å²) in [5.74, 6) is -1.37. The van der Waals surface area contributed by atoms with E-state index in [9.17, 15) is 22.8 Å². The summed E-state index contributed by atoms with van der Waals surface area (Å²) < 4.78 is 46.7. The normalized spacial score (nSPS) is 13.0. The molecule has 0 spiro atoms. The van der Waals surface area contributed by atoms with Crippen LogP contribution in [0.1, 0.15) is 17.0 Å². The van der Waals surface area contributed by atoms with E-state index in [2.05, 4.69) is 26.1 Å². The van der Waals surface area contributed by atoms with E-state index in [1.54, 1.807) is 6.07 Å². The lowest BCUT2D eigenvalue weighted by Gasteiger charge is -2.16. The number of benzene rings is 1. The Balaban J connectivity index is 1.74. The maximum atomic E-state index is 13.5. The van der Waals surface area contributed by atoms with Gasteiger partial charge in [0.15, 0.2) is 5.69 Å². The van der Waals surface area contributed by atoms with Crippen LogP contribution in [0.3, 0.4) is 0 Å². The Bertz CT molecular complexity index is 1440. The molecular weight excluding hydrogens is 481 g/mol. The van der Waals surface area contributed by atoms with Crippen LogP contribution >= 0.6 is 11.6 Å². The van der Waals surface area contributed by atoms with Gasteiger partial charge in [-0.05, 0) is 24.3 Å². The summed E-state index contributed by atoms with van der Waals surface area (Å²) in [6, 6.07) is 6.68. The van der Waals surface area contributed by atoms with Crippen LogP contribution in [0.25, 0.3) is 0 Å². The number of nitrogens with zero attached hydrogens (tertiary/aromatic N) is 5. The number of rotatable bonds is 5. The van der Waals surface area contributed by atoms with Crippen molar-refractivity contribution >= 4 is 17.3 Å². The molecule has 3 N–H and O–H groups in total. The summed E-state index contributed by atoms with van der Waals surface area (Å²) in [7, 11) is 0. The molecule has 0 aliphatic carbocycles. The SMILES string of the molecule is N#Cc1cc(Cl)cc(Oc2c(C(F)(F)F)ncn(Cc3cc(N4C=CNN4)c(=O)[nH]n3)c2=O)c1. The number of halogens is 4. The minimum atomic E-state index is -5.01. The molecule has 34 heavy (non-hydrogen) atoms. The molecule has 1 aliphatic heterocycles. The number of hydrazine groups is 2. The summed E-state index contributed by atoms with van der Waals surface area (Å²) in [4.78, 5) is 28.4. The van der Waals surface area contributed by atoms with Crippen molar-refractivity contribution in [3.05, 3.63) is 85.7 Å². The summed E-state index contributed by atoms with van der Waals surface area (Å²) in [6.45, 7) is -0.339. The number of H-pyrrole nitrogens is 1. The highest BCUT2D eigenvalue weighted by molar-refractivity contribution is 6.30. The second-order valence-electron chi connectivity index (χ2n) is 6.76. The van der Waals surface area contributed by atoms with E-state index in [1.807, 2.05) is 0 Å². The van der Waals surface area contributed by atoms with Crippen molar-refractivity contribution in [2.75, 3.05) is 5.01 Å². The molecule has 0 atom stereocenters. The Kier molecular flexibility index (Phi) is 5.97. The van der Waals surface area contributed by atoms with Gasteiger partial charge in [0.1, 0.15) is 11.4 Å². The van der Waals surface area contributed by atoms with Crippen molar-refractivity contribution in [1.82, 2.24) is 30.7 Å². The van der Waals surface area contributed by atoms with Crippen molar-refractivity contribution in [3.63, 3.8) is 0 Å². The summed E-state index contributed by atoms with van der Waals surface area (Å²) in [5, 5.41) is 16.5. The number of hydrogen-bond acceptors (Lipinski definition) is 9. The number of aromatic nitrogens is 4. The van der Waals surface area contributed by atoms with Gasteiger partial charge in [0.25, 0.3) is 11.1 Å². The molecule has 174 valence electrons. The summed E-state index contributed by atoms with van der Waals surface area (Å²) in [6.07, 6.45) is -1.29. The lowest BCUT2D eigenvalue weighted by molar-refractivity contribution is -0.142. The molecule has 0 unspecified atom stereocenters. The Morgan fingerprint density at radius 1 is 1.21 bits per heavy atom. The molecule has 1 aliphatic rings. The number of aromatic amines is 1. The van der Waals surface area contributed by atoms with Gasteiger partial charge in [0, 0.05) is 17.4 Å². The zero-order chi connectivity index (χ0) is 24.5. The summed E-state index contributed by atoms with van der Waals surface area (Å²) in [5.41, 5.74) is 2.29. The molecule has 0 amide bonds. The standard InChI is InChI=1S/C19H12ClF3N8O3/c20-11-3-10(7-24)4-13(5-11)34-15-16(19(21,22)23)25-9-30(18(15)33)8-12-6-14(17(32)28-27-12)31-2-1-26-29-31/h1-6,9,26,29H,8H2,(H,28,32). The number of nitriles is 1. The van der Waals surface area contributed by atoms with E-state index in [4.69, 9.17) is 21.6 Å². The third kappa shape index (κ3) is 4.70. The lowest BCUT2D eigenvalue weighted by atomic mass is 10.2. The first-order valence-corrected chi connectivity index (χ1v) is 9.64. The van der Waals surface area contributed by atoms with Gasteiger partial charge in [0.2, 0.25) is 5.75 Å². The van der Waals surface area contributed by atoms with Crippen molar-refractivity contribution in [2.24, 2.45) is 0 Å². The molecule has 15 heteroatoms. The van der Waals surface area contributed by atoms with E-state index in [0.29, 0.717) is 6.33 Å². The predicted octanol–water partition coefficient (Wildman–Crippen LogP) is 2.01. The maximum absolute atomic E-state index is 13.5. The van der Waals surface area contributed by atoms with Crippen LogP contribution in [-0.4, -0.2) is 19.7 Å². The van der Waals surface area contributed by atoms with Crippen LogP contribution < -0.4 is 31.8 Å². The van der Waals surface area contributed by atoms with Crippen molar-refractivity contribution in [2.45, 2.75) is 12.7 Å². The van der Waals surface area contributed by atoms with Gasteiger partial charge in [-0.1, -0.05) is 11.6 Å². The first kappa shape index (κ1) is 22.8. The van der Waals surface area contributed by atoms with Crippen molar-refractivity contribution < 1.29 is 17.9 Å². The molecule has 3 aromatic rings.